The lowest BCUT2D eigenvalue weighted by molar-refractivity contribution is 0.790. The Morgan fingerprint density at radius 1 is 0.968 bits per heavy atom. The maximum absolute atomic E-state index is 13.5. The van der Waals surface area contributed by atoms with Crippen molar-refractivity contribution in [3.05, 3.63) is 105 Å². The van der Waals surface area contributed by atoms with Gasteiger partial charge in [-0.25, -0.2) is 4.98 Å². The van der Waals surface area contributed by atoms with E-state index in [1.54, 1.807) is 4.57 Å². The molecule has 154 valence electrons. The zero-order chi connectivity index (χ0) is 21.4. The van der Waals surface area contributed by atoms with E-state index in [9.17, 15) is 4.79 Å². The molecule has 0 unspecified atom stereocenters. The number of fused-ring (bicyclic) bond motifs is 2. The number of benzene rings is 3. The van der Waals surface area contributed by atoms with Crippen LogP contribution in [0.1, 0.15) is 23.9 Å². The van der Waals surface area contributed by atoms with E-state index in [0.717, 1.165) is 39.9 Å². The molecule has 5 rings (SSSR count). The zero-order valence-corrected chi connectivity index (χ0v) is 18.8. The van der Waals surface area contributed by atoms with Crippen molar-refractivity contribution < 1.29 is 0 Å². The SMILES string of the molecule is CCc1cccc(-n2c(CCc3c[nH]c4ccc(Br)cc34)nc3ccccc3c2=O)c1. The molecule has 0 fully saturated rings. The molecule has 0 aliphatic heterocycles. The van der Waals surface area contributed by atoms with Crippen molar-refractivity contribution in [3.63, 3.8) is 0 Å². The highest BCUT2D eigenvalue weighted by Gasteiger charge is 2.14. The first-order chi connectivity index (χ1) is 15.1. The highest BCUT2D eigenvalue weighted by molar-refractivity contribution is 9.10. The van der Waals surface area contributed by atoms with Crippen molar-refractivity contribution in [1.82, 2.24) is 14.5 Å². The summed E-state index contributed by atoms with van der Waals surface area (Å²) < 4.78 is 2.84. The summed E-state index contributed by atoms with van der Waals surface area (Å²) in [6.45, 7) is 2.12. The Hall–Kier alpha value is -3.18. The number of halogens is 1. The molecular weight excluding hydrogens is 450 g/mol. The van der Waals surface area contributed by atoms with E-state index in [2.05, 4.69) is 58.3 Å². The number of nitrogens with zero attached hydrogens (tertiary/aromatic N) is 2. The summed E-state index contributed by atoms with van der Waals surface area (Å²) in [5.74, 6) is 0.779. The van der Waals surface area contributed by atoms with Gasteiger partial charge in [-0.3, -0.25) is 9.36 Å². The number of H-pyrrole nitrogens is 1. The number of rotatable bonds is 5. The molecule has 2 heterocycles. The second kappa shape index (κ2) is 8.16. The summed E-state index contributed by atoms with van der Waals surface area (Å²) >= 11 is 3.57. The van der Waals surface area contributed by atoms with Gasteiger partial charge in [0.1, 0.15) is 5.82 Å². The van der Waals surface area contributed by atoms with E-state index in [1.165, 1.54) is 16.5 Å². The third kappa shape index (κ3) is 3.70. The Labute approximate surface area is 188 Å². The van der Waals surface area contributed by atoms with Gasteiger partial charge in [0.2, 0.25) is 0 Å². The molecule has 0 amide bonds. The number of hydrogen-bond donors (Lipinski definition) is 1. The fourth-order valence-electron chi connectivity index (χ4n) is 4.13. The Morgan fingerprint density at radius 2 is 1.84 bits per heavy atom. The molecule has 31 heavy (non-hydrogen) atoms. The Morgan fingerprint density at radius 3 is 2.71 bits per heavy atom. The predicted molar refractivity (Wildman–Crippen MR) is 130 cm³/mol. The molecule has 0 radical (unpaired) electrons. The summed E-state index contributed by atoms with van der Waals surface area (Å²) in [7, 11) is 0. The lowest BCUT2D eigenvalue weighted by atomic mass is 10.1. The van der Waals surface area contributed by atoms with Crippen LogP contribution in [0.5, 0.6) is 0 Å². The van der Waals surface area contributed by atoms with Crippen LogP contribution < -0.4 is 5.56 Å². The number of aromatic nitrogens is 3. The van der Waals surface area contributed by atoms with E-state index in [0.29, 0.717) is 11.8 Å². The first kappa shape index (κ1) is 19.8. The minimum Gasteiger partial charge on any atom is -0.361 e. The highest BCUT2D eigenvalue weighted by Crippen LogP contribution is 2.24. The largest absolute Gasteiger partial charge is 0.361 e. The van der Waals surface area contributed by atoms with Crippen LogP contribution in [0.4, 0.5) is 0 Å². The number of para-hydroxylation sites is 1. The minimum absolute atomic E-state index is 0.0180. The molecule has 2 aromatic heterocycles. The first-order valence-corrected chi connectivity index (χ1v) is 11.3. The lowest BCUT2D eigenvalue weighted by Crippen LogP contribution is -2.24. The number of nitrogens with one attached hydrogen (secondary N) is 1. The average Bonchev–Trinajstić information content (AvgIpc) is 3.20. The standard InChI is InChI=1S/C26H22BrN3O/c1-2-17-6-5-7-20(14-17)30-25(29-24-9-4-3-8-21(24)26(30)31)13-10-18-16-28-23-12-11-19(27)15-22(18)23/h3-9,11-12,14-16,28H,2,10,13H2,1H3. The molecule has 3 aromatic carbocycles. The molecule has 0 spiro atoms. The van der Waals surface area contributed by atoms with Crippen LogP contribution in [-0.4, -0.2) is 14.5 Å². The van der Waals surface area contributed by atoms with Gasteiger partial charge in [0.25, 0.3) is 5.56 Å². The van der Waals surface area contributed by atoms with Gasteiger partial charge in [-0.05, 0) is 66.4 Å². The minimum atomic E-state index is -0.0180. The molecular formula is C26H22BrN3O. The fourth-order valence-corrected chi connectivity index (χ4v) is 4.49. The van der Waals surface area contributed by atoms with Gasteiger partial charge < -0.3 is 4.98 Å². The molecule has 0 saturated carbocycles. The van der Waals surface area contributed by atoms with Gasteiger partial charge >= 0.3 is 0 Å². The van der Waals surface area contributed by atoms with E-state index in [-0.39, 0.29) is 5.56 Å². The topological polar surface area (TPSA) is 50.7 Å². The third-order valence-electron chi connectivity index (χ3n) is 5.77. The van der Waals surface area contributed by atoms with Crippen LogP contribution in [0.15, 0.2) is 82.2 Å². The van der Waals surface area contributed by atoms with Gasteiger partial charge in [0, 0.05) is 28.0 Å². The van der Waals surface area contributed by atoms with Crippen LogP contribution >= 0.6 is 15.9 Å². The number of hydrogen-bond acceptors (Lipinski definition) is 2. The Kier molecular flexibility index (Phi) is 5.20. The molecule has 5 aromatic rings. The fraction of sp³-hybridized carbons (Fsp3) is 0.154. The lowest BCUT2D eigenvalue weighted by Gasteiger charge is -2.14. The second-order valence-electron chi connectivity index (χ2n) is 7.71. The number of aryl methyl sites for hydroxylation is 3. The highest BCUT2D eigenvalue weighted by atomic mass is 79.9. The quantitative estimate of drug-likeness (QED) is 0.342. The monoisotopic (exact) mass is 471 g/mol. The molecule has 0 aliphatic rings. The number of aromatic amines is 1. The maximum Gasteiger partial charge on any atom is 0.265 e. The van der Waals surface area contributed by atoms with Crippen molar-refractivity contribution in [2.45, 2.75) is 26.2 Å². The molecule has 4 nitrogen and oxygen atoms in total. The third-order valence-corrected chi connectivity index (χ3v) is 6.26. The summed E-state index contributed by atoms with van der Waals surface area (Å²) in [4.78, 5) is 21.7. The van der Waals surface area contributed by atoms with Gasteiger partial charge in [-0.2, -0.15) is 0 Å². The van der Waals surface area contributed by atoms with Crippen molar-refractivity contribution >= 4 is 37.7 Å². The van der Waals surface area contributed by atoms with Crippen LogP contribution in [0.2, 0.25) is 0 Å². The summed E-state index contributed by atoms with van der Waals surface area (Å²) in [5.41, 5.74) is 5.12. The Balaban J connectivity index is 1.62. The van der Waals surface area contributed by atoms with Crippen LogP contribution in [0.3, 0.4) is 0 Å². The molecule has 0 aliphatic carbocycles. The predicted octanol–water partition coefficient (Wildman–Crippen LogP) is 5.98. The van der Waals surface area contributed by atoms with Gasteiger partial charge in [-0.15, -0.1) is 0 Å². The van der Waals surface area contributed by atoms with E-state index in [1.807, 2.05) is 42.5 Å². The van der Waals surface area contributed by atoms with Crippen LogP contribution in [0.25, 0.3) is 27.5 Å². The van der Waals surface area contributed by atoms with Gasteiger partial charge in [0.05, 0.1) is 16.6 Å². The smallest absolute Gasteiger partial charge is 0.265 e. The first-order valence-electron chi connectivity index (χ1n) is 10.5. The summed E-state index contributed by atoms with van der Waals surface area (Å²) in [5, 5.41) is 1.83. The van der Waals surface area contributed by atoms with E-state index in [4.69, 9.17) is 4.98 Å². The van der Waals surface area contributed by atoms with E-state index < -0.39 is 0 Å². The Bertz CT molecular complexity index is 1470. The average molecular weight is 472 g/mol. The molecule has 5 heteroatoms. The van der Waals surface area contributed by atoms with Gasteiger partial charge in [-0.1, -0.05) is 47.1 Å². The van der Waals surface area contributed by atoms with Crippen molar-refractivity contribution in [3.8, 4) is 5.69 Å². The molecule has 1 N–H and O–H groups in total. The van der Waals surface area contributed by atoms with Crippen molar-refractivity contribution in [1.29, 1.82) is 0 Å². The maximum atomic E-state index is 13.5. The van der Waals surface area contributed by atoms with Crippen LogP contribution in [0, 0.1) is 0 Å². The van der Waals surface area contributed by atoms with Crippen molar-refractivity contribution in [2.75, 3.05) is 0 Å². The summed E-state index contributed by atoms with van der Waals surface area (Å²) in [6, 6.07) is 22.0. The van der Waals surface area contributed by atoms with E-state index >= 15 is 0 Å². The molecule has 0 bridgehead atoms. The normalized spacial score (nSPS) is 11.4. The molecule has 0 saturated heterocycles. The van der Waals surface area contributed by atoms with Crippen molar-refractivity contribution in [2.24, 2.45) is 0 Å². The van der Waals surface area contributed by atoms with Gasteiger partial charge in [0.15, 0.2) is 0 Å². The second-order valence-corrected chi connectivity index (χ2v) is 8.63. The van der Waals surface area contributed by atoms with Crippen LogP contribution in [-0.2, 0) is 19.3 Å². The molecule has 0 atom stereocenters. The zero-order valence-electron chi connectivity index (χ0n) is 17.2. The summed E-state index contributed by atoms with van der Waals surface area (Å²) in [6.07, 6.45) is 4.42.